The van der Waals surface area contributed by atoms with Crippen molar-refractivity contribution in [2.24, 2.45) is 0 Å². The van der Waals surface area contributed by atoms with E-state index in [4.69, 9.17) is 9.47 Å². The summed E-state index contributed by atoms with van der Waals surface area (Å²) in [6.45, 7) is 1.81. The van der Waals surface area contributed by atoms with Crippen LogP contribution in [0.3, 0.4) is 0 Å². The first kappa shape index (κ1) is 22.6. The Morgan fingerprint density at radius 2 is 1.50 bits per heavy atom. The maximum Gasteiger partial charge on any atom is 0.305 e. The number of hydrogen-bond donors (Lipinski definition) is 1. The number of nitrogens with zero attached hydrogens (tertiary/aromatic N) is 4. The fourth-order valence-corrected chi connectivity index (χ4v) is 5.73. The van der Waals surface area contributed by atoms with Crippen molar-refractivity contribution in [3.63, 3.8) is 0 Å². The second-order valence-corrected chi connectivity index (χ2v) is 10.9. The highest BCUT2D eigenvalue weighted by molar-refractivity contribution is 7.90. The summed E-state index contributed by atoms with van der Waals surface area (Å²) >= 11 is 4.38. The summed E-state index contributed by atoms with van der Waals surface area (Å²) in [7, 11) is -3.80. The Morgan fingerprint density at radius 3 is 2.17 bits per heavy atom. The molecular formula is C26H20N4O4S2. The number of thiol groups is 1. The lowest BCUT2D eigenvalue weighted by atomic mass is 9.97. The highest BCUT2D eigenvalue weighted by Crippen LogP contribution is 2.48. The van der Waals surface area contributed by atoms with Crippen LogP contribution in [0.4, 0.5) is 0 Å². The van der Waals surface area contributed by atoms with Crippen LogP contribution in [-0.4, -0.2) is 28.0 Å². The van der Waals surface area contributed by atoms with Gasteiger partial charge in [-0.05, 0) is 25.1 Å². The Kier molecular flexibility index (Phi) is 5.24. The Hall–Kier alpha value is -3.89. The van der Waals surface area contributed by atoms with E-state index >= 15 is 0 Å². The van der Waals surface area contributed by atoms with Crippen molar-refractivity contribution >= 4 is 28.2 Å². The zero-order valence-corrected chi connectivity index (χ0v) is 20.8. The Bertz CT molecular complexity index is 1670. The molecule has 36 heavy (non-hydrogen) atoms. The molecule has 0 amide bonds. The maximum absolute atomic E-state index is 13.3. The first-order valence-corrected chi connectivity index (χ1v) is 13.2. The van der Waals surface area contributed by atoms with E-state index in [1.807, 2.05) is 67.6 Å². The predicted octanol–water partition coefficient (Wildman–Crippen LogP) is 4.37. The van der Waals surface area contributed by atoms with Gasteiger partial charge >= 0.3 is 5.79 Å². The van der Waals surface area contributed by atoms with Crippen molar-refractivity contribution in [3.05, 3.63) is 108 Å². The SMILES string of the molecule is Cc1cc(S)n2nc(CS(=O)(=O)c3ccc4c(c3)OC(c3ccccc3)(c3ccccc3)O4)nc2n1. The lowest BCUT2D eigenvalue weighted by Crippen LogP contribution is -2.36. The van der Waals surface area contributed by atoms with Gasteiger partial charge in [0.1, 0.15) is 10.8 Å². The second-order valence-electron chi connectivity index (χ2n) is 8.42. The van der Waals surface area contributed by atoms with Crippen LogP contribution in [0.25, 0.3) is 5.78 Å². The number of benzene rings is 3. The van der Waals surface area contributed by atoms with E-state index in [0.717, 1.165) is 11.1 Å². The fourth-order valence-electron chi connectivity index (χ4n) is 4.22. The Morgan fingerprint density at radius 1 is 0.861 bits per heavy atom. The quantitative estimate of drug-likeness (QED) is 0.274. The number of hydrogen-bond acceptors (Lipinski definition) is 8. The van der Waals surface area contributed by atoms with Crippen molar-refractivity contribution in [1.29, 1.82) is 0 Å². The molecule has 5 aromatic rings. The van der Waals surface area contributed by atoms with Gasteiger partial charge in [-0.25, -0.2) is 13.4 Å². The zero-order valence-electron chi connectivity index (χ0n) is 19.1. The second kappa shape index (κ2) is 8.35. The summed E-state index contributed by atoms with van der Waals surface area (Å²) < 4.78 is 40.8. The van der Waals surface area contributed by atoms with Gasteiger partial charge in [-0.1, -0.05) is 60.7 Å². The van der Waals surface area contributed by atoms with E-state index < -0.39 is 21.4 Å². The Balaban J connectivity index is 1.36. The average molecular weight is 517 g/mol. The Labute approximate surface area is 212 Å². The summed E-state index contributed by atoms with van der Waals surface area (Å²) in [5.41, 5.74) is 2.29. The smallest absolute Gasteiger partial charge is 0.305 e. The van der Waals surface area contributed by atoms with Gasteiger partial charge in [0, 0.05) is 22.9 Å². The fraction of sp³-hybridized carbons (Fsp3) is 0.115. The molecule has 180 valence electrons. The van der Waals surface area contributed by atoms with Crippen molar-refractivity contribution in [3.8, 4) is 11.5 Å². The average Bonchev–Trinajstić information content (AvgIpc) is 3.46. The number of aryl methyl sites for hydroxylation is 1. The van der Waals surface area contributed by atoms with Crippen molar-refractivity contribution in [2.75, 3.05) is 0 Å². The minimum Gasteiger partial charge on any atom is -0.440 e. The lowest BCUT2D eigenvalue weighted by molar-refractivity contribution is -0.0459. The number of rotatable bonds is 5. The summed E-state index contributed by atoms with van der Waals surface area (Å²) in [6, 6.07) is 25.4. The number of aromatic nitrogens is 4. The first-order valence-electron chi connectivity index (χ1n) is 11.1. The third-order valence-corrected chi connectivity index (χ3v) is 7.80. The van der Waals surface area contributed by atoms with Crippen LogP contribution in [0.1, 0.15) is 22.6 Å². The molecular weight excluding hydrogens is 496 g/mol. The number of fused-ring (bicyclic) bond motifs is 2. The first-order chi connectivity index (χ1) is 17.3. The molecule has 0 bridgehead atoms. The van der Waals surface area contributed by atoms with Gasteiger partial charge < -0.3 is 9.47 Å². The van der Waals surface area contributed by atoms with E-state index in [9.17, 15) is 8.42 Å². The summed E-state index contributed by atoms with van der Waals surface area (Å²) in [6.07, 6.45) is 0. The normalized spacial score (nSPS) is 14.3. The predicted molar refractivity (Wildman–Crippen MR) is 135 cm³/mol. The standard InChI is InChI=1S/C26H20N4O4S2/c1-17-14-24(35)30-25(27-17)28-23(29-30)16-36(31,32)20-12-13-21-22(15-20)34-26(33-21,18-8-4-2-5-9-18)19-10-6-3-7-11-19/h2-15,35H,16H2,1H3. The summed E-state index contributed by atoms with van der Waals surface area (Å²) in [5.74, 6) is -0.419. The van der Waals surface area contributed by atoms with Crippen LogP contribution in [0.5, 0.6) is 11.5 Å². The molecule has 3 aromatic carbocycles. The van der Waals surface area contributed by atoms with Crippen molar-refractivity contribution in [1.82, 2.24) is 19.6 Å². The van der Waals surface area contributed by atoms with Gasteiger partial charge in [-0.3, -0.25) is 0 Å². The maximum atomic E-state index is 13.3. The highest BCUT2D eigenvalue weighted by Gasteiger charge is 2.45. The molecule has 2 aromatic heterocycles. The molecule has 0 fully saturated rings. The molecule has 0 N–H and O–H groups in total. The monoisotopic (exact) mass is 516 g/mol. The minimum absolute atomic E-state index is 0.0795. The van der Waals surface area contributed by atoms with Crippen LogP contribution in [0.2, 0.25) is 0 Å². The molecule has 0 spiro atoms. The van der Waals surface area contributed by atoms with E-state index in [1.165, 1.54) is 16.6 Å². The third kappa shape index (κ3) is 3.78. The molecule has 8 nitrogen and oxygen atoms in total. The molecule has 1 aliphatic heterocycles. The highest BCUT2D eigenvalue weighted by atomic mass is 32.2. The molecule has 0 radical (unpaired) electrons. The topological polar surface area (TPSA) is 95.7 Å². The molecule has 3 heterocycles. The van der Waals surface area contributed by atoms with E-state index in [0.29, 0.717) is 28.0 Å². The molecule has 1 aliphatic rings. The van der Waals surface area contributed by atoms with Gasteiger partial charge in [0.25, 0.3) is 5.78 Å². The van der Waals surface area contributed by atoms with Gasteiger partial charge in [0.2, 0.25) is 0 Å². The van der Waals surface area contributed by atoms with Crippen LogP contribution in [0.15, 0.2) is 94.9 Å². The molecule has 6 rings (SSSR count). The number of ether oxygens (including phenoxy) is 2. The van der Waals surface area contributed by atoms with Crippen LogP contribution < -0.4 is 9.47 Å². The van der Waals surface area contributed by atoms with Crippen molar-refractivity contribution < 1.29 is 17.9 Å². The van der Waals surface area contributed by atoms with Crippen LogP contribution in [-0.2, 0) is 21.4 Å². The minimum atomic E-state index is -3.80. The van der Waals surface area contributed by atoms with E-state index in [1.54, 1.807) is 12.1 Å². The van der Waals surface area contributed by atoms with E-state index in [-0.39, 0.29) is 10.7 Å². The summed E-state index contributed by atoms with van der Waals surface area (Å²) in [4.78, 5) is 8.65. The lowest BCUT2D eigenvalue weighted by Gasteiger charge is -2.28. The molecule has 0 saturated carbocycles. The van der Waals surface area contributed by atoms with E-state index in [2.05, 4.69) is 27.7 Å². The van der Waals surface area contributed by atoms with Crippen molar-refractivity contribution in [2.45, 2.75) is 28.4 Å². The van der Waals surface area contributed by atoms with Gasteiger partial charge in [-0.2, -0.15) is 9.50 Å². The zero-order chi connectivity index (χ0) is 24.9. The van der Waals surface area contributed by atoms with Crippen LogP contribution >= 0.6 is 12.6 Å². The molecule has 0 atom stereocenters. The van der Waals surface area contributed by atoms with Gasteiger partial charge in [0.15, 0.2) is 27.2 Å². The number of sulfone groups is 1. The molecule has 10 heteroatoms. The molecule has 0 unspecified atom stereocenters. The van der Waals surface area contributed by atoms with Gasteiger partial charge in [-0.15, -0.1) is 17.7 Å². The molecule has 0 aliphatic carbocycles. The largest absolute Gasteiger partial charge is 0.440 e. The molecule has 0 saturated heterocycles. The van der Waals surface area contributed by atoms with Gasteiger partial charge in [0.05, 0.1) is 4.90 Å². The third-order valence-electron chi connectivity index (χ3n) is 5.87. The van der Waals surface area contributed by atoms with Crippen LogP contribution in [0, 0.1) is 6.92 Å². The summed E-state index contributed by atoms with van der Waals surface area (Å²) in [5, 5.41) is 4.79.